The highest BCUT2D eigenvalue weighted by Gasteiger charge is 2.25. The summed E-state index contributed by atoms with van der Waals surface area (Å²) >= 11 is 0. The van der Waals surface area contributed by atoms with Gasteiger partial charge in [-0.05, 0) is 57.2 Å². The zero-order valence-corrected chi connectivity index (χ0v) is 15.1. The third-order valence-electron chi connectivity index (χ3n) is 3.85. The van der Waals surface area contributed by atoms with Crippen molar-refractivity contribution in [3.63, 3.8) is 0 Å². The molecule has 0 radical (unpaired) electrons. The summed E-state index contributed by atoms with van der Waals surface area (Å²) in [6.45, 7) is 4.35. The van der Waals surface area contributed by atoms with E-state index < -0.39 is 7.60 Å². The number of benzene rings is 1. The van der Waals surface area contributed by atoms with Crippen LogP contribution in [0.15, 0.2) is 18.2 Å². The Morgan fingerprint density at radius 3 is 2.30 bits per heavy atom. The molecular formula is C17H27O5P. The summed E-state index contributed by atoms with van der Waals surface area (Å²) in [4.78, 5) is 0. The summed E-state index contributed by atoms with van der Waals surface area (Å²) in [6.07, 6.45) is 5.03. The first-order chi connectivity index (χ1) is 11.1. The molecule has 5 nitrogen and oxygen atoms in total. The van der Waals surface area contributed by atoms with Gasteiger partial charge in [0.25, 0.3) is 0 Å². The van der Waals surface area contributed by atoms with E-state index in [9.17, 15) is 4.57 Å². The van der Waals surface area contributed by atoms with Gasteiger partial charge in [-0.1, -0.05) is 6.07 Å². The van der Waals surface area contributed by atoms with Gasteiger partial charge in [0, 0.05) is 0 Å². The van der Waals surface area contributed by atoms with Crippen molar-refractivity contribution in [3.05, 3.63) is 23.8 Å². The van der Waals surface area contributed by atoms with E-state index in [1.165, 1.54) is 12.8 Å². The Morgan fingerprint density at radius 2 is 1.74 bits per heavy atom. The number of hydrogen-bond acceptors (Lipinski definition) is 5. The first kappa shape index (κ1) is 18.3. The van der Waals surface area contributed by atoms with Gasteiger partial charge in [0.05, 0.1) is 32.6 Å². The van der Waals surface area contributed by atoms with Crippen LogP contribution in [0.5, 0.6) is 11.5 Å². The van der Waals surface area contributed by atoms with Gasteiger partial charge >= 0.3 is 7.60 Å². The van der Waals surface area contributed by atoms with E-state index in [0.717, 1.165) is 18.4 Å². The second-order valence-electron chi connectivity index (χ2n) is 5.61. The lowest BCUT2D eigenvalue weighted by atomic mass is 10.2. The zero-order chi connectivity index (χ0) is 16.7. The van der Waals surface area contributed by atoms with E-state index in [0.29, 0.717) is 24.7 Å². The molecule has 2 rings (SSSR count). The first-order valence-corrected chi connectivity index (χ1v) is 10.0. The van der Waals surface area contributed by atoms with Crippen LogP contribution in [0.2, 0.25) is 0 Å². The van der Waals surface area contributed by atoms with Gasteiger partial charge in [-0.25, -0.2) is 0 Å². The summed E-state index contributed by atoms with van der Waals surface area (Å²) in [7, 11) is -1.49. The molecule has 1 aromatic carbocycles. The first-order valence-electron chi connectivity index (χ1n) is 8.32. The van der Waals surface area contributed by atoms with E-state index >= 15 is 0 Å². The smallest absolute Gasteiger partial charge is 0.335 e. The molecule has 1 fully saturated rings. The largest absolute Gasteiger partial charge is 0.493 e. The Bertz CT molecular complexity index is 530. The highest BCUT2D eigenvalue weighted by atomic mass is 31.2. The normalized spacial score (nSPS) is 15.8. The van der Waals surface area contributed by atoms with Crippen molar-refractivity contribution in [1.82, 2.24) is 0 Å². The molecule has 0 saturated heterocycles. The lowest BCUT2D eigenvalue weighted by Crippen LogP contribution is -2.11. The fourth-order valence-electron chi connectivity index (χ4n) is 2.84. The van der Waals surface area contributed by atoms with Crippen LogP contribution < -0.4 is 9.47 Å². The number of rotatable bonds is 9. The average Bonchev–Trinajstić information content (AvgIpc) is 3.01. The van der Waals surface area contributed by atoms with Crippen molar-refractivity contribution >= 4 is 7.60 Å². The average molecular weight is 342 g/mol. The van der Waals surface area contributed by atoms with Crippen LogP contribution in [0, 0.1) is 0 Å². The van der Waals surface area contributed by atoms with Gasteiger partial charge in [-0.3, -0.25) is 4.57 Å². The summed E-state index contributed by atoms with van der Waals surface area (Å²) in [5, 5.41) is 0. The molecular weight excluding hydrogens is 315 g/mol. The molecule has 0 N–H and O–H groups in total. The minimum atomic E-state index is -3.12. The molecule has 23 heavy (non-hydrogen) atoms. The summed E-state index contributed by atoms with van der Waals surface area (Å²) < 4.78 is 34.9. The third-order valence-corrected chi connectivity index (χ3v) is 5.91. The summed E-state index contributed by atoms with van der Waals surface area (Å²) in [6, 6.07) is 5.62. The molecule has 0 unspecified atom stereocenters. The molecule has 1 saturated carbocycles. The van der Waals surface area contributed by atoms with Crippen LogP contribution >= 0.6 is 7.60 Å². The van der Waals surface area contributed by atoms with Crippen LogP contribution in [0.1, 0.15) is 45.1 Å². The van der Waals surface area contributed by atoms with Crippen molar-refractivity contribution in [3.8, 4) is 11.5 Å². The van der Waals surface area contributed by atoms with E-state index in [2.05, 4.69) is 0 Å². The quantitative estimate of drug-likeness (QED) is 0.604. The predicted octanol–water partition coefficient (Wildman–Crippen LogP) is 4.78. The van der Waals surface area contributed by atoms with Crippen LogP contribution in [0.4, 0.5) is 0 Å². The maximum atomic E-state index is 12.7. The van der Waals surface area contributed by atoms with Gasteiger partial charge in [-0.15, -0.1) is 0 Å². The Hall–Kier alpha value is -1.03. The Labute approximate surface area is 138 Å². The highest BCUT2D eigenvalue weighted by Crippen LogP contribution is 2.51. The Balaban J connectivity index is 2.16. The third kappa shape index (κ3) is 5.23. The Kier molecular flexibility index (Phi) is 6.94. The molecule has 6 heteroatoms. The molecule has 0 spiro atoms. The second kappa shape index (κ2) is 8.72. The summed E-state index contributed by atoms with van der Waals surface area (Å²) in [5.74, 6) is 1.40. The maximum absolute atomic E-state index is 12.7. The van der Waals surface area contributed by atoms with E-state index in [1.54, 1.807) is 7.11 Å². The monoisotopic (exact) mass is 342 g/mol. The lowest BCUT2D eigenvalue weighted by molar-refractivity contribution is 0.200. The number of ether oxygens (including phenoxy) is 2. The standard InChI is InChI=1S/C17H27O5P/c1-4-20-23(18,21-5-2)13-14-10-11-16(19-3)17(12-14)22-15-8-6-7-9-15/h10-12,15H,4-9,13H2,1-3H3. The van der Waals surface area contributed by atoms with E-state index in [-0.39, 0.29) is 12.3 Å². The fraction of sp³-hybridized carbons (Fsp3) is 0.647. The van der Waals surface area contributed by atoms with Crippen molar-refractivity contribution < 1.29 is 23.1 Å². The maximum Gasteiger partial charge on any atom is 0.335 e. The highest BCUT2D eigenvalue weighted by molar-refractivity contribution is 7.53. The van der Waals surface area contributed by atoms with Gasteiger partial charge in [0.15, 0.2) is 11.5 Å². The topological polar surface area (TPSA) is 54.0 Å². The summed E-state index contributed by atoms with van der Waals surface area (Å²) in [5.41, 5.74) is 0.865. The van der Waals surface area contributed by atoms with Crippen LogP contribution in [-0.2, 0) is 19.8 Å². The fourth-order valence-corrected chi connectivity index (χ4v) is 4.53. The van der Waals surface area contributed by atoms with Crippen molar-refractivity contribution in [2.75, 3.05) is 20.3 Å². The molecule has 1 aliphatic carbocycles. The minimum Gasteiger partial charge on any atom is -0.493 e. The minimum absolute atomic E-state index is 0.236. The van der Waals surface area contributed by atoms with E-state index in [1.807, 2.05) is 32.0 Å². The van der Waals surface area contributed by atoms with Gasteiger partial charge in [0.1, 0.15) is 0 Å². The molecule has 1 aromatic rings. The predicted molar refractivity (Wildman–Crippen MR) is 90.4 cm³/mol. The molecule has 0 amide bonds. The SMILES string of the molecule is CCOP(=O)(Cc1ccc(OC)c(OC2CCCC2)c1)OCC. The molecule has 0 aromatic heterocycles. The van der Waals surface area contributed by atoms with E-state index in [4.69, 9.17) is 18.5 Å². The van der Waals surface area contributed by atoms with Crippen LogP contribution in [0.25, 0.3) is 0 Å². The second-order valence-corrected chi connectivity index (χ2v) is 7.67. The molecule has 130 valence electrons. The van der Waals surface area contributed by atoms with Gasteiger partial charge in [-0.2, -0.15) is 0 Å². The van der Waals surface area contributed by atoms with Crippen LogP contribution in [-0.4, -0.2) is 26.4 Å². The molecule has 0 bridgehead atoms. The molecule has 0 aliphatic heterocycles. The molecule has 0 heterocycles. The number of hydrogen-bond donors (Lipinski definition) is 0. The van der Waals surface area contributed by atoms with Crippen LogP contribution in [0.3, 0.4) is 0 Å². The number of methoxy groups -OCH3 is 1. The van der Waals surface area contributed by atoms with Gasteiger partial charge < -0.3 is 18.5 Å². The van der Waals surface area contributed by atoms with Crippen molar-refractivity contribution in [2.24, 2.45) is 0 Å². The molecule has 0 atom stereocenters. The lowest BCUT2D eigenvalue weighted by Gasteiger charge is -2.19. The van der Waals surface area contributed by atoms with Gasteiger partial charge in [0.2, 0.25) is 0 Å². The zero-order valence-electron chi connectivity index (χ0n) is 14.2. The Morgan fingerprint density at radius 1 is 1.09 bits per heavy atom. The van der Waals surface area contributed by atoms with Crippen molar-refractivity contribution in [1.29, 1.82) is 0 Å². The van der Waals surface area contributed by atoms with Crippen molar-refractivity contribution in [2.45, 2.75) is 51.8 Å². The molecule has 1 aliphatic rings.